The molecule has 0 aromatic heterocycles. The first-order chi connectivity index (χ1) is 6.38. The van der Waals surface area contributed by atoms with Crippen LogP contribution in [0.2, 0.25) is 0 Å². The van der Waals surface area contributed by atoms with Crippen molar-refractivity contribution in [3.05, 3.63) is 0 Å². The molecule has 2 fully saturated rings. The van der Waals surface area contributed by atoms with Crippen LogP contribution in [-0.4, -0.2) is 54.2 Å². The molecule has 0 saturated carbocycles. The Labute approximate surface area is 83.9 Å². The van der Waals surface area contributed by atoms with Crippen molar-refractivity contribution in [2.75, 3.05) is 39.4 Å². The molecule has 2 rings (SSSR count). The Morgan fingerprint density at radius 3 is 2.38 bits per heavy atom. The molecule has 0 aromatic carbocycles. The summed E-state index contributed by atoms with van der Waals surface area (Å²) < 4.78 is 7.55. The molecule has 2 heterocycles. The Hall–Kier alpha value is -0.280. The van der Waals surface area contributed by atoms with Gasteiger partial charge >= 0.3 is 5.29 Å². The summed E-state index contributed by atoms with van der Waals surface area (Å²) in [5, 5.41) is 0.931. The first kappa shape index (κ1) is 9.28. The van der Waals surface area contributed by atoms with Crippen LogP contribution >= 0.6 is 11.6 Å². The van der Waals surface area contributed by atoms with E-state index < -0.39 is 0 Å². The van der Waals surface area contributed by atoms with E-state index in [1.165, 1.54) is 12.8 Å². The fourth-order valence-corrected chi connectivity index (χ4v) is 2.19. The smallest absolute Gasteiger partial charge is 0.345 e. The van der Waals surface area contributed by atoms with E-state index in [0.29, 0.717) is 0 Å². The van der Waals surface area contributed by atoms with Crippen molar-refractivity contribution < 1.29 is 9.31 Å². The zero-order valence-electron chi connectivity index (χ0n) is 7.84. The maximum atomic E-state index is 6.28. The highest BCUT2D eigenvalue weighted by molar-refractivity contribution is 6.63. The zero-order chi connectivity index (χ0) is 9.10. The zero-order valence-corrected chi connectivity index (χ0v) is 8.59. The van der Waals surface area contributed by atoms with Gasteiger partial charge in [-0.05, 0) is 12.8 Å². The summed E-state index contributed by atoms with van der Waals surface area (Å²) >= 11 is 6.28. The average molecular weight is 204 g/mol. The van der Waals surface area contributed by atoms with Crippen LogP contribution < -0.4 is 0 Å². The molecule has 2 aliphatic heterocycles. The third-order valence-corrected chi connectivity index (χ3v) is 3.12. The van der Waals surface area contributed by atoms with E-state index in [4.69, 9.17) is 16.3 Å². The molecular weight excluding hydrogens is 188 g/mol. The summed E-state index contributed by atoms with van der Waals surface area (Å²) in [6, 6.07) is 0. The molecule has 0 aliphatic carbocycles. The van der Waals surface area contributed by atoms with Crippen LogP contribution in [0.15, 0.2) is 0 Å². The Morgan fingerprint density at radius 1 is 1.15 bits per heavy atom. The molecule has 0 aromatic rings. The summed E-state index contributed by atoms with van der Waals surface area (Å²) in [6.07, 6.45) is 2.56. The van der Waals surface area contributed by atoms with Gasteiger partial charge in [0, 0.05) is 11.6 Å². The maximum absolute atomic E-state index is 6.28. The van der Waals surface area contributed by atoms with Gasteiger partial charge in [-0.2, -0.15) is 0 Å². The van der Waals surface area contributed by atoms with Crippen LogP contribution in [0.3, 0.4) is 0 Å². The summed E-state index contributed by atoms with van der Waals surface area (Å²) in [5.74, 6) is 0. The van der Waals surface area contributed by atoms with Crippen molar-refractivity contribution >= 4 is 16.9 Å². The number of nitrogens with zero attached hydrogens (tertiary/aromatic N) is 2. The van der Waals surface area contributed by atoms with Gasteiger partial charge in [-0.1, -0.05) is 0 Å². The van der Waals surface area contributed by atoms with Crippen LogP contribution in [-0.2, 0) is 4.74 Å². The predicted molar refractivity (Wildman–Crippen MR) is 52.5 cm³/mol. The molecule has 0 atom stereocenters. The van der Waals surface area contributed by atoms with Gasteiger partial charge in [-0.3, -0.25) is 4.58 Å². The third-order valence-electron chi connectivity index (χ3n) is 2.64. The van der Waals surface area contributed by atoms with Crippen LogP contribution in [0.1, 0.15) is 12.8 Å². The van der Waals surface area contributed by atoms with Gasteiger partial charge in [-0.25, -0.2) is 4.90 Å². The normalized spacial score (nSPS) is 23.8. The van der Waals surface area contributed by atoms with E-state index in [2.05, 4.69) is 9.48 Å². The molecule has 2 saturated heterocycles. The highest BCUT2D eigenvalue weighted by atomic mass is 35.5. The van der Waals surface area contributed by atoms with E-state index in [1.807, 2.05) is 0 Å². The molecule has 0 spiro atoms. The Balaban J connectivity index is 2.00. The molecule has 0 bridgehead atoms. The molecule has 74 valence electrons. The highest BCUT2D eigenvalue weighted by Gasteiger charge is 2.24. The maximum Gasteiger partial charge on any atom is 0.345 e. The van der Waals surface area contributed by atoms with Crippen LogP contribution in [0.25, 0.3) is 0 Å². The van der Waals surface area contributed by atoms with Crippen molar-refractivity contribution in [2.45, 2.75) is 12.8 Å². The number of rotatable bonds is 0. The van der Waals surface area contributed by atoms with Gasteiger partial charge in [0.15, 0.2) is 0 Å². The van der Waals surface area contributed by atoms with Gasteiger partial charge in [-0.15, -0.1) is 0 Å². The van der Waals surface area contributed by atoms with Crippen LogP contribution in [0.5, 0.6) is 0 Å². The van der Waals surface area contributed by atoms with E-state index in [1.54, 1.807) is 0 Å². The lowest BCUT2D eigenvalue weighted by molar-refractivity contribution is -0.508. The monoisotopic (exact) mass is 203 g/mol. The van der Waals surface area contributed by atoms with Crippen molar-refractivity contribution in [2.24, 2.45) is 0 Å². The molecule has 2 aliphatic rings. The van der Waals surface area contributed by atoms with E-state index in [0.717, 1.165) is 44.7 Å². The quantitative estimate of drug-likeness (QED) is 0.328. The molecule has 4 heteroatoms. The topological polar surface area (TPSA) is 15.5 Å². The van der Waals surface area contributed by atoms with Gasteiger partial charge in [0.1, 0.15) is 13.1 Å². The number of amidine groups is 1. The summed E-state index contributed by atoms with van der Waals surface area (Å²) in [4.78, 5) is 2.22. The second-order valence-electron chi connectivity index (χ2n) is 3.56. The molecule has 0 amide bonds. The second kappa shape index (κ2) is 4.29. The van der Waals surface area contributed by atoms with Gasteiger partial charge in [0.05, 0.1) is 26.3 Å². The fraction of sp³-hybridized carbons (Fsp3) is 0.889. The lowest BCUT2D eigenvalue weighted by Crippen LogP contribution is -2.42. The number of morpholine rings is 1. The first-order valence-corrected chi connectivity index (χ1v) is 5.36. The number of hydrogen-bond donors (Lipinski definition) is 0. The van der Waals surface area contributed by atoms with Crippen molar-refractivity contribution in [1.29, 1.82) is 0 Å². The van der Waals surface area contributed by atoms with Gasteiger partial charge < -0.3 is 4.74 Å². The van der Waals surface area contributed by atoms with Crippen molar-refractivity contribution in [3.8, 4) is 0 Å². The predicted octanol–water partition coefficient (Wildman–Crippen LogP) is 0.720. The third kappa shape index (κ3) is 2.15. The largest absolute Gasteiger partial charge is 0.373 e. The minimum atomic E-state index is 0.810. The first-order valence-electron chi connectivity index (χ1n) is 4.98. The lowest BCUT2D eigenvalue weighted by atomic mass is 10.4. The number of halogens is 1. The number of ether oxygens (including phenoxy) is 1. The second-order valence-corrected chi connectivity index (χ2v) is 3.90. The molecule has 13 heavy (non-hydrogen) atoms. The van der Waals surface area contributed by atoms with E-state index in [-0.39, 0.29) is 0 Å². The van der Waals surface area contributed by atoms with Crippen LogP contribution in [0, 0.1) is 0 Å². The van der Waals surface area contributed by atoms with Crippen molar-refractivity contribution in [3.63, 3.8) is 0 Å². The molecular formula is C9H16ClN2O+. The summed E-state index contributed by atoms with van der Waals surface area (Å²) in [7, 11) is 0. The molecule has 0 N–H and O–H groups in total. The molecule has 0 radical (unpaired) electrons. The SMILES string of the molecule is ClC(N1CCOCC1)=[N+]1CCCC1. The van der Waals surface area contributed by atoms with Crippen molar-refractivity contribution in [1.82, 2.24) is 4.90 Å². The number of hydrogen-bond acceptors (Lipinski definition) is 1. The van der Waals surface area contributed by atoms with Gasteiger partial charge in [0.2, 0.25) is 0 Å². The molecule has 0 unspecified atom stereocenters. The highest BCUT2D eigenvalue weighted by Crippen LogP contribution is 2.08. The summed E-state index contributed by atoms with van der Waals surface area (Å²) in [5.41, 5.74) is 0. The average Bonchev–Trinajstić information content (AvgIpc) is 2.71. The minimum absolute atomic E-state index is 0.810. The Bertz CT molecular complexity index is 204. The van der Waals surface area contributed by atoms with E-state index in [9.17, 15) is 0 Å². The fourth-order valence-electron chi connectivity index (χ4n) is 1.85. The minimum Gasteiger partial charge on any atom is -0.373 e. The Kier molecular flexibility index (Phi) is 3.06. The molecule has 3 nitrogen and oxygen atoms in total. The van der Waals surface area contributed by atoms with Crippen LogP contribution in [0.4, 0.5) is 0 Å². The Morgan fingerprint density at radius 2 is 1.77 bits per heavy atom. The summed E-state index contributed by atoms with van der Waals surface area (Å²) in [6.45, 7) is 5.74. The standard InChI is InChI=1S/C9H16ClN2O/c10-9(11-3-1-2-4-11)12-5-7-13-8-6-12/h1-8H2/q+1. The van der Waals surface area contributed by atoms with E-state index >= 15 is 0 Å². The van der Waals surface area contributed by atoms with Gasteiger partial charge in [0.25, 0.3) is 0 Å². The lowest BCUT2D eigenvalue weighted by Gasteiger charge is -2.21.